The maximum absolute atomic E-state index is 12.6. The number of nitrogens with zero attached hydrogens (tertiary/aromatic N) is 2. The van der Waals surface area contributed by atoms with Crippen LogP contribution in [0.1, 0.15) is 26.3 Å². The third-order valence-corrected chi connectivity index (χ3v) is 5.95. The van der Waals surface area contributed by atoms with Gasteiger partial charge in [0.15, 0.2) is 5.82 Å². The zero-order valence-electron chi connectivity index (χ0n) is 21.0. The Morgan fingerprint density at radius 2 is 1.89 bits per heavy atom. The van der Waals surface area contributed by atoms with Gasteiger partial charge in [-0.25, -0.2) is 4.79 Å². The Kier molecular flexibility index (Phi) is 6.43. The number of para-hydroxylation sites is 1. The van der Waals surface area contributed by atoms with E-state index in [1.54, 1.807) is 12.4 Å². The molecular formula is C28H30N6O3. The van der Waals surface area contributed by atoms with E-state index in [0.717, 1.165) is 38.5 Å². The normalized spacial score (nSPS) is 12.5. The summed E-state index contributed by atoms with van der Waals surface area (Å²) in [5.74, 6) is 1.04. The van der Waals surface area contributed by atoms with Crippen LogP contribution in [0.3, 0.4) is 0 Å². The molecule has 0 saturated heterocycles. The van der Waals surface area contributed by atoms with Gasteiger partial charge < -0.3 is 25.5 Å². The number of H-pyrrole nitrogens is 2. The molecule has 190 valence electrons. The van der Waals surface area contributed by atoms with Crippen LogP contribution >= 0.6 is 0 Å². The number of nitrogens with one attached hydrogen (secondary N) is 3. The van der Waals surface area contributed by atoms with Crippen molar-refractivity contribution in [2.45, 2.75) is 38.8 Å². The number of ether oxygens (including phenoxy) is 2. The van der Waals surface area contributed by atoms with Crippen molar-refractivity contribution >= 4 is 33.7 Å². The number of amides is 1. The Balaban J connectivity index is 1.34. The number of nitrogen functional groups attached to an aromatic ring is 1. The van der Waals surface area contributed by atoms with Crippen molar-refractivity contribution in [3.05, 3.63) is 72.7 Å². The van der Waals surface area contributed by atoms with Crippen molar-refractivity contribution < 1.29 is 14.3 Å². The summed E-state index contributed by atoms with van der Waals surface area (Å²) in [6.07, 6.45) is 5.47. The molecule has 1 amide bonds. The number of aromatic amines is 2. The lowest BCUT2D eigenvalue weighted by molar-refractivity contribution is 0.0488. The smallest absolute Gasteiger partial charge is 0.408 e. The molecule has 9 nitrogen and oxygen atoms in total. The molecule has 0 aliphatic rings. The van der Waals surface area contributed by atoms with Crippen LogP contribution in [-0.4, -0.2) is 44.5 Å². The van der Waals surface area contributed by atoms with E-state index in [1.165, 1.54) is 0 Å². The summed E-state index contributed by atoms with van der Waals surface area (Å²) < 4.78 is 11.6. The minimum absolute atomic E-state index is 0.234. The summed E-state index contributed by atoms with van der Waals surface area (Å²) in [5, 5.41) is 11.9. The highest BCUT2D eigenvalue weighted by molar-refractivity contribution is 5.92. The van der Waals surface area contributed by atoms with Crippen molar-refractivity contribution in [3.8, 4) is 16.9 Å². The molecule has 9 heteroatoms. The average molecular weight is 499 g/mol. The molecule has 2 aromatic carbocycles. The van der Waals surface area contributed by atoms with Gasteiger partial charge in [-0.1, -0.05) is 24.3 Å². The SMILES string of the molecule is CC(C)(C)OC(=O)N[C@H](COc1cncc(-c2ccc3[nH]nc(N)c3c2)c1)Cc1c[nH]c2ccccc12. The molecule has 0 aliphatic heterocycles. The van der Waals surface area contributed by atoms with Gasteiger partial charge in [-0.3, -0.25) is 10.1 Å². The maximum Gasteiger partial charge on any atom is 0.408 e. The van der Waals surface area contributed by atoms with Gasteiger partial charge >= 0.3 is 6.09 Å². The lowest BCUT2D eigenvalue weighted by Crippen LogP contribution is -2.43. The van der Waals surface area contributed by atoms with Crippen molar-refractivity contribution in [1.29, 1.82) is 0 Å². The fourth-order valence-corrected chi connectivity index (χ4v) is 4.26. The fourth-order valence-electron chi connectivity index (χ4n) is 4.26. The zero-order valence-corrected chi connectivity index (χ0v) is 21.0. The number of pyridine rings is 1. The number of hydrogen-bond acceptors (Lipinski definition) is 6. The predicted molar refractivity (Wildman–Crippen MR) is 144 cm³/mol. The molecule has 5 aromatic rings. The molecule has 5 N–H and O–H groups in total. The third-order valence-electron chi connectivity index (χ3n) is 5.95. The quantitative estimate of drug-likeness (QED) is 0.244. The first kappa shape index (κ1) is 24.2. The molecule has 5 rings (SSSR count). The number of anilines is 1. The molecule has 0 spiro atoms. The molecule has 3 aromatic heterocycles. The van der Waals surface area contributed by atoms with Gasteiger partial charge in [0.05, 0.1) is 17.8 Å². The molecule has 1 atom stereocenters. The number of nitrogens with two attached hydrogens (primary N) is 1. The van der Waals surface area contributed by atoms with Crippen molar-refractivity contribution in [2.75, 3.05) is 12.3 Å². The summed E-state index contributed by atoms with van der Waals surface area (Å²) in [5.41, 5.74) is 10.2. The average Bonchev–Trinajstić information content (AvgIpc) is 3.44. The van der Waals surface area contributed by atoms with Crippen LogP contribution in [0.2, 0.25) is 0 Å². The Bertz CT molecular complexity index is 1550. The second-order valence-corrected chi connectivity index (χ2v) is 10.00. The number of hydrogen-bond donors (Lipinski definition) is 4. The van der Waals surface area contributed by atoms with Gasteiger partial charge in [0.1, 0.15) is 18.0 Å². The van der Waals surface area contributed by atoms with Gasteiger partial charge in [0.25, 0.3) is 0 Å². The minimum atomic E-state index is -0.603. The Morgan fingerprint density at radius 3 is 2.73 bits per heavy atom. The third kappa shape index (κ3) is 5.66. The topological polar surface area (TPSA) is 131 Å². The Morgan fingerprint density at radius 1 is 1.05 bits per heavy atom. The van der Waals surface area contributed by atoms with Crippen LogP contribution in [0.25, 0.3) is 32.9 Å². The molecule has 0 radical (unpaired) electrons. The van der Waals surface area contributed by atoms with Gasteiger partial charge in [-0.2, -0.15) is 5.10 Å². The highest BCUT2D eigenvalue weighted by Crippen LogP contribution is 2.28. The maximum atomic E-state index is 12.6. The lowest BCUT2D eigenvalue weighted by atomic mass is 10.1. The van der Waals surface area contributed by atoms with E-state index in [1.807, 2.05) is 69.4 Å². The summed E-state index contributed by atoms with van der Waals surface area (Å²) in [7, 11) is 0. The van der Waals surface area contributed by atoms with E-state index < -0.39 is 11.7 Å². The van der Waals surface area contributed by atoms with Gasteiger partial charge in [-0.15, -0.1) is 0 Å². The summed E-state index contributed by atoms with van der Waals surface area (Å²) in [4.78, 5) is 20.2. The van der Waals surface area contributed by atoms with E-state index in [2.05, 4.69) is 31.5 Å². The van der Waals surface area contributed by atoms with E-state index in [9.17, 15) is 4.79 Å². The van der Waals surface area contributed by atoms with Crippen molar-refractivity contribution in [1.82, 2.24) is 25.5 Å². The van der Waals surface area contributed by atoms with E-state index >= 15 is 0 Å². The molecule has 0 bridgehead atoms. The van der Waals surface area contributed by atoms with Crippen molar-refractivity contribution in [3.63, 3.8) is 0 Å². The number of rotatable bonds is 7. The number of carbonyl (C=O) groups is 1. The second kappa shape index (κ2) is 9.85. The van der Waals surface area contributed by atoms with Crippen LogP contribution < -0.4 is 15.8 Å². The lowest BCUT2D eigenvalue weighted by Gasteiger charge is -2.24. The highest BCUT2D eigenvalue weighted by atomic mass is 16.6. The molecule has 0 saturated carbocycles. The summed E-state index contributed by atoms with van der Waals surface area (Å²) >= 11 is 0. The second-order valence-electron chi connectivity index (χ2n) is 10.00. The van der Waals surface area contributed by atoms with Crippen LogP contribution in [0.15, 0.2) is 67.1 Å². The molecule has 3 heterocycles. The number of benzene rings is 2. The molecule has 0 unspecified atom stereocenters. The van der Waals surface area contributed by atoms with E-state index in [-0.39, 0.29) is 12.6 Å². The Hall–Kier alpha value is -4.53. The summed E-state index contributed by atoms with van der Waals surface area (Å²) in [6, 6.07) is 15.5. The van der Waals surface area contributed by atoms with Gasteiger partial charge in [0, 0.05) is 34.2 Å². The largest absolute Gasteiger partial charge is 0.490 e. The zero-order chi connectivity index (χ0) is 26.0. The molecule has 37 heavy (non-hydrogen) atoms. The highest BCUT2D eigenvalue weighted by Gasteiger charge is 2.21. The number of fused-ring (bicyclic) bond motifs is 2. The Labute approximate surface area is 214 Å². The number of carbonyl (C=O) groups excluding carboxylic acids is 1. The number of alkyl carbamates (subject to hydrolysis) is 1. The predicted octanol–water partition coefficient (Wildman–Crippen LogP) is 5.20. The van der Waals surface area contributed by atoms with E-state index in [4.69, 9.17) is 15.2 Å². The van der Waals surface area contributed by atoms with Crippen LogP contribution in [0, 0.1) is 0 Å². The molecule has 0 aliphatic carbocycles. The van der Waals surface area contributed by atoms with E-state index in [0.29, 0.717) is 18.0 Å². The standard InChI is InChI=1S/C28H30N6O3/c1-28(2,3)37-27(35)32-20(10-19-14-31-24-7-5-4-6-22(19)24)16-36-21-11-18(13-30-15-21)17-8-9-25-23(12-17)26(29)34-33-25/h4-9,11-15,20,31H,10,16H2,1-3H3,(H,32,35)(H3,29,33,34)/t20-/m0/s1. The first-order valence-electron chi connectivity index (χ1n) is 12.1. The number of aromatic nitrogens is 4. The first-order valence-corrected chi connectivity index (χ1v) is 12.1. The van der Waals surface area contributed by atoms with Crippen molar-refractivity contribution in [2.24, 2.45) is 0 Å². The minimum Gasteiger partial charge on any atom is -0.490 e. The molecule has 0 fully saturated rings. The van der Waals surface area contributed by atoms with Gasteiger partial charge in [0.2, 0.25) is 0 Å². The van der Waals surface area contributed by atoms with Crippen LogP contribution in [-0.2, 0) is 11.2 Å². The van der Waals surface area contributed by atoms with Crippen LogP contribution in [0.4, 0.5) is 10.6 Å². The van der Waals surface area contributed by atoms with Crippen LogP contribution in [0.5, 0.6) is 5.75 Å². The molecular weight excluding hydrogens is 468 g/mol. The van der Waals surface area contributed by atoms with Gasteiger partial charge in [-0.05, 0) is 62.6 Å². The summed E-state index contributed by atoms with van der Waals surface area (Å²) in [6.45, 7) is 5.74. The fraction of sp³-hybridized carbons (Fsp3) is 0.250. The first-order chi connectivity index (χ1) is 17.7. The monoisotopic (exact) mass is 498 g/mol.